The van der Waals surface area contributed by atoms with Gasteiger partial charge < -0.3 is 9.80 Å². The van der Waals surface area contributed by atoms with Crippen molar-refractivity contribution in [2.45, 2.75) is 19.8 Å². The third-order valence-electron chi connectivity index (χ3n) is 3.84. The number of nitrogens with zero attached hydrogens (tertiary/aromatic N) is 2. The van der Waals surface area contributed by atoms with Crippen LogP contribution in [-0.4, -0.2) is 49.6 Å². The van der Waals surface area contributed by atoms with Crippen LogP contribution >= 0.6 is 0 Å². The molecule has 0 aliphatic carbocycles. The van der Waals surface area contributed by atoms with Crippen LogP contribution in [-0.2, 0) is 0 Å². The van der Waals surface area contributed by atoms with Crippen LogP contribution in [0.5, 0.6) is 0 Å². The summed E-state index contributed by atoms with van der Waals surface area (Å²) in [6, 6.07) is 0. The van der Waals surface area contributed by atoms with Gasteiger partial charge in [-0.3, -0.25) is 0 Å². The van der Waals surface area contributed by atoms with Gasteiger partial charge in [-0.1, -0.05) is 6.92 Å². The molecule has 13 heavy (non-hydrogen) atoms. The number of rotatable bonds is 2. The van der Waals surface area contributed by atoms with E-state index in [0.29, 0.717) is 0 Å². The highest BCUT2D eigenvalue weighted by Gasteiger charge is 2.32. The Kier molecular flexibility index (Phi) is 2.89. The van der Waals surface area contributed by atoms with Gasteiger partial charge in [0.2, 0.25) is 0 Å². The van der Waals surface area contributed by atoms with Crippen molar-refractivity contribution in [1.82, 2.24) is 9.80 Å². The predicted molar refractivity (Wildman–Crippen MR) is 55.8 cm³/mol. The molecule has 2 fully saturated rings. The van der Waals surface area contributed by atoms with E-state index in [1.54, 1.807) is 0 Å². The van der Waals surface area contributed by atoms with Gasteiger partial charge in [0.05, 0.1) is 0 Å². The summed E-state index contributed by atoms with van der Waals surface area (Å²) < 4.78 is 0. The largest absolute Gasteiger partial charge is 0.306 e. The van der Waals surface area contributed by atoms with Crippen molar-refractivity contribution in [3.05, 3.63) is 0 Å². The highest BCUT2D eigenvalue weighted by atomic mass is 15.2. The topological polar surface area (TPSA) is 6.48 Å². The minimum Gasteiger partial charge on any atom is -0.306 e. The summed E-state index contributed by atoms with van der Waals surface area (Å²) in [5.74, 6) is 2.07. The van der Waals surface area contributed by atoms with E-state index in [2.05, 4.69) is 23.8 Å². The van der Waals surface area contributed by atoms with E-state index in [4.69, 9.17) is 0 Å². The SMILES string of the molecule is CCN1CCC(C2CN(C)C2)CC1. The van der Waals surface area contributed by atoms with Crippen LogP contribution < -0.4 is 0 Å². The van der Waals surface area contributed by atoms with Crippen LogP contribution in [0, 0.1) is 11.8 Å². The third-order valence-corrected chi connectivity index (χ3v) is 3.84. The van der Waals surface area contributed by atoms with Crippen molar-refractivity contribution in [2.75, 3.05) is 39.8 Å². The van der Waals surface area contributed by atoms with Crippen molar-refractivity contribution in [3.8, 4) is 0 Å². The first-order chi connectivity index (χ1) is 6.29. The Balaban J connectivity index is 1.72. The van der Waals surface area contributed by atoms with E-state index < -0.39 is 0 Å². The van der Waals surface area contributed by atoms with Gasteiger partial charge in [0.25, 0.3) is 0 Å². The molecule has 2 saturated heterocycles. The molecule has 0 aromatic carbocycles. The highest BCUT2D eigenvalue weighted by Crippen LogP contribution is 2.30. The fourth-order valence-electron chi connectivity index (χ4n) is 2.79. The van der Waals surface area contributed by atoms with Crippen LogP contribution in [0.1, 0.15) is 19.8 Å². The normalized spacial score (nSPS) is 29.1. The molecule has 2 nitrogen and oxygen atoms in total. The second kappa shape index (κ2) is 3.97. The van der Waals surface area contributed by atoms with E-state index in [9.17, 15) is 0 Å². The van der Waals surface area contributed by atoms with E-state index in [-0.39, 0.29) is 0 Å². The monoisotopic (exact) mass is 182 g/mol. The van der Waals surface area contributed by atoms with Crippen molar-refractivity contribution < 1.29 is 0 Å². The molecule has 0 unspecified atom stereocenters. The zero-order valence-electron chi connectivity index (χ0n) is 9.00. The maximum atomic E-state index is 2.58. The Morgan fingerprint density at radius 2 is 1.69 bits per heavy atom. The molecule has 2 heterocycles. The highest BCUT2D eigenvalue weighted by molar-refractivity contribution is 4.86. The Hall–Kier alpha value is -0.0800. The van der Waals surface area contributed by atoms with Gasteiger partial charge in [-0.25, -0.2) is 0 Å². The lowest BCUT2D eigenvalue weighted by Crippen LogP contribution is -2.50. The lowest BCUT2D eigenvalue weighted by atomic mass is 9.80. The molecule has 2 rings (SSSR count). The molecular weight excluding hydrogens is 160 g/mol. The maximum Gasteiger partial charge on any atom is 0.00216 e. The molecule has 0 atom stereocenters. The molecule has 2 aliphatic heterocycles. The molecule has 0 saturated carbocycles. The van der Waals surface area contributed by atoms with Gasteiger partial charge in [0, 0.05) is 13.1 Å². The van der Waals surface area contributed by atoms with E-state index in [1.165, 1.54) is 45.6 Å². The minimum atomic E-state index is 1.03. The van der Waals surface area contributed by atoms with Crippen LogP contribution in [0.3, 0.4) is 0 Å². The van der Waals surface area contributed by atoms with Gasteiger partial charge >= 0.3 is 0 Å². The van der Waals surface area contributed by atoms with Crippen LogP contribution in [0.15, 0.2) is 0 Å². The molecule has 0 N–H and O–H groups in total. The summed E-state index contributed by atoms with van der Waals surface area (Å²) in [7, 11) is 2.23. The summed E-state index contributed by atoms with van der Waals surface area (Å²) >= 11 is 0. The minimum absolute atomic E-state index is 1.03. The lowest BCUT2D eigenvalue weighted by Gasteiger charge is -2.44. The second-order valence-electron chi connectivity index (χ2n) is 4.75. The Morgan fingerprint density at radius 3 is 2.15 bits per heavy atom. The quantitative estimate of drug-likeness (QED) is 0.635. The zero-order chi connectivity index (χ0) is 9.26. The number of piperidine rings is 1. The smallest absolute Gasteiger partial charge is 0.00216 e. The second-order valence-corrected chi connectivity index (χ2v) is 4.75. The summed E-state index contributed by atoms with van der Waals surface area (Å²) in [5, 5.41) is 0. The Labute approximate surface area is 81.9 Å². The molecule has 0 amide bonds. The van der Waals surface area contributed by atoms with Crippen molar-refractivity contribution in [1.29, 1.82) is 0 Å². The van der Waals surface area contributed by atoms with Crippen LogP contribution in [0.2, 0.25) is 0 Å². The summed E-state index contributed by atoms with van der Waals surface area (Å²) in [5.41, 5.74) is 0. The van der Waals surface area contributed by atoms with Gasteiger partial charge in [-0.05, 0) is 51.4 Å². The van der Waals surface area contributed by atoms with Crippen molar-refractivity contribution in [2.24, 2.45) is 11.8 Å². The first kappa shape index (κ1) is 9.47. The summed E-state index contributed by atoms with van der Waals surface area (Å²) in [6.07, 6.45) is 2.90. The van der Waals surface area contributed by atoms with Crippen LogP contribution in [0.4, 0.5) is 0 Å². The molecular formula is C11H22N2. The third kappa shape index (κ3) is 2.05. The van der Waals surface area contributed by atoms with Gasteiger partial charge in [-0.2, -0.15) is 0 Å². The molecule has 0 aromatic heterocycles. The van der Waals surface area contributed by atoms with E-state index in [1.807, 2.05) is 0 Å². The zero-order valence-corrected chi connectivity index (χ0v) is 9.00. The fourth-order valence-corrected chi connectivity index (χ4v) is 2.79. The first-order valence-electron chi connectivity index (χ1n) is 5.70. The average Bonchev–Trinajstić information content (AvgIpc) is 2.13. The standard InChI is InChI=1S/C11H22N2/c1-3-13-6-4-10(5-7-13)11-8-12(2)9-11/h10-11H,3-9H2,1-2H3. The number of likely N-dealkylation sites (tertiary alicyclic amines) is 2. The number of hydrogen-bond donors (Lipinski definition) is 0. The van der Waals surface area contributed by atoms with E-state index in [0.717, 1.165) is 11.8 Å². The average molecular weight is 182 g/mol. The van der Waals surface area contributed by atoms with Gasteiger partial charge in [0.15, 0.2) is 0 Å². The molecule has 0 aromatic rings. The molecule has 0 radical (unpaired) electrons. The van der Waals surface area contributed by atoms with Gasteiger partial charge in [0.1, 0.15) is 0 Å². The summed E-state index contributed by atoms with van der Waals surface area (Å²) in [4.78, 5) is 5.02. The maximum absolute atomic E-state index is 2.58. The first-order valence-corrected chi connectivity index (χ1v) is 5.70. The fraction of sp³-hybridized carbons (Fsp3) is 1.00. The lowest BCUT2D eigenvalue weighted by molar-refractivity contribution is 0.0470. The Morgan fingerprint density at radius 1 is 1.08 bits per heavy atom. The molecule has 2 heteroatoms. The molecule has 2 aliphatic rings. The van der Waals surface area contributed by atoms with Crippen molar-refractivity contribution in [3.63, 3.8) is 0 Å². The van der Waals surface area contributed by atoms with Crippen molar-refractivity contribution >= 4 is 0 Å². The molecule has 0 spiro atoms. The summed E-state index contributed by atoms with van der Waals surface area (Å²) in [6.45, 7) is 8.94. The molecule has 0 bridgehead atoms. The van der Waals surface area contributed by atoms with Gasteiger partial charge in [-0.15, -0.1) is 0 Å². The number of hydrogen-bond acceptors (Lipinski definition) is 2. The van der Waals surface area contributed by atoms with E-state index >= 15 is 0 Å². The Bertz CT molecular complexity index is 155. The molecule has 76 valence electrons. The predicted octanol–water partition coefficient (Wildman–Crippen LogP) is 1.28. The van der Waals surface area contributed by atoms with Crippen LogP contribution in [0.25, 0.3) is 0 Å².